The van der Waals surface area contributed by atoms with Gasteiger partial charge in [0.05, 0.1) is 17.1 Å². The van der Waals surface area contributed by atoms with Gasteiger partial charge in [0.15, 0.2) is 11.0 Å². The Morgan fingerprint density at radius 1 is 1.00 bits per heavy atom. The second kappa shape index (κ2) is 8.65. The predicted molar refractivity (Wildman–Crippen MR) is 131 cm³/mol. The van der Waals surface area contributed by atoms with Crippen molar-refractivity contribution in [1.82, 2.24) is 14.8 Å². The first-order valence-electron chi connectivity index (χ1n) is 10.0. The summed E-state index contributed by atoms with van der Waals surface area (Å²) >= 11 is 9.29. The highest BCUT2D eigenvalue weighted by Gasteiger charge is 2.28. The highest BCUT2D eigenvalue weighted by Crippen LogP contribution is 2.49. The topological polar surface area (TPSA) is 51.0 Å². The lowest BCUT2D eigenvalue weighted by atomic mass is 10.1. The number of aromatic nitrogens is 3. The van der Waals surface area contributed by atoms with E-state index in [-0.39, 0.29) is 11.7 Å². The van der Waals surface area contributed by atoms with Gasteiger partial charge in [-0.3, -0.25) is 9.69 Å². The van der Waals surface area contributed by atoms with E-state index in [0.29, 0.717) is 10.2 Å². The van der Waals surface area contributed by atoms with Gasteiger partial charge in [-0.1, -0.05) is 71.5 Å². The van der Waals surface area contributed by atoms with Gasteiger partial charge in [-0.15, -0.1) is 10.2 Å². The van der Waals surface area contributed by atoms with Crippen LogP contribution in [0, 0.1) is 6.92 Å². The van der Waals surface area contributed by atoms with Crippen molar-refractivity contribution >= 4 is 52.4 Å². The van der Waals surface area contributed by atoms with Crippen LogP contribution in [0.5, 0.6) is 0 Å². The first-order valence-corrected chi connectivity index (χ1v) is 12.2. The molecule has 0 atom stereocenters. The number of hydrogen-bond acceptors (Lipinski definition) is 5. The van der Waals surface area contributed by atoms with E-state index in [2.05, 4.69) is 23.2 Å². The fourth-order valence-corrected chi connectivity index (χ4v) is 5.65. The first kappa shape index (κ1) is 21.1. The molecule has 5 rings (SSSR count). The Labute approximate surface area is 199 Å². The minimum absolute atomic E-state index is 0.0355. The summed E-state index contributed by atoms with van der Waals surface area (Å²) in [4.78, 5) is 17.3. The van der Waals surface area contributed by atoms with Crippen molar-refractivity contribution in [2.45, 2.75) is 21.9 Å². The van der Waals surface area contributed by atoms with E-state index in [0.717, 1.165) is 38.1 Å². The number of anilines is 2. The minimum atomic E-state index is -0.0355. The molecule has 5 nitrogen and oxygen atoms in total. The zero-order valence-electron chi connectivity index (χ0n) is 17.4. The summed E-state index contributed by atoms with van der Waals surface area (Å²) in [6.45, 7) is 2.05. The molecule has 32 heavy (non-hydrogen) atoms. The lowest BCUT2D eigenvalue weighted by Gasteiger charge is -2.31. The van der Waals surface area contributed by atoms with Gasteiger partial charge in [0, 0.05) is 27.4 Å². The number of amides is 1. The smallest absolute Gasteiger partial charge is 0.242 e. The molecule has 0 bridgehead atoms. The van der Waals surface area contributed by atoms with E-state index in [1.807, 2.05) is 72.3 Å². The van der Waals surface area contributed by atoms with E-state index in [1.165, 1.54) is 11.8 Å². The molecule has 0 saturated carbocycles. The lowest BCUT2D eigenvalue weighted by molar-refractivity contribution is -0.115. The fourth-order valence-electron chi connectivity index (χ4n) is 3.69. The van der Waals surface area contributed by atoms with Gasteiger partial charge < -0.3 is 4.57 Å². The molecule has 1 aromatic heterocycles. The van der Waals surface area contributed by atoms with E-state index >= 15 is 0 Å². The van der Waals surface area contributed by atoms with Crippen LogP contribution in [0.4, 0.5) is 11.4 Å². The van der Waals surface area contributed by atoms with E-state index in [1.54, 1.807) is 16.7 Å². The number of halogens is 1. The summed E-state index contributed by atoms with van der Waals surface area (Å²) in [7, 11) is 1.93. The molecule has 1 aliphatic heterocycles. The number of hydrogen-bond donors (Lipinski definition) is 0. The van der Waals surface area contributed by atoms with Crippen LogP contribution >= 0.6 is 35.1 Å². The number of nitrogens with zero attached hydrogens (tertiary/aromatic N) is 4. The average Bonchev–Trinajstić information content (AvgIpc) is 3.16. The highest BCUT2D eigenvalue weighted by atomic mass is 35.5. The molecule has 0 N–H and O–H groups in total. The maximum Gasteiger partial charge on any atom is 0.242 e. The number of para-hydroxylation sites is 1. The van der Waals surface area contributed by atoms with Gasteiger partial charge in [0.25, 0.3) is 0 Å². The molecular weight excluding hydrogens is 460 g/mol. The lowest BCUT2D eigenvalue weighted by Crippen LogP contribution is -2.30. The largest absolute Gasteiger partial charge is 0.305 e. The van der Waals surface area contributed by atoms with Crippen LogP contribution < -0.4 is 4.90 Å². The molecule has 3 aromatic carbocycles. The maximum atomic E-state index is 13.4. The van der Waals surface area contributed by atoms with Crippen molar-refractivity contribution in [2.24, 2.45) is 7.05 Å². The standard InChI is InChI=1S/C24H19ClN4OS2/c1-15-7-3-4-8-17(15)23-26-27-24(28(23)2)31-14-22(30)29-18-9-5-6-10-20(18)32-21-12-11-16(25)13-19(21)29/h3-13H,14H2,1-2H3. The SMILES string of the molecule is Cc1ccccc1-c1nnc(SCC(=O)N2c3ccccc3Sc3ccc(Cl)cc32)n1C. The Hall–Kier alpha value is -2.74. The molecule has 4 aromatic rings. The molecule has 0 spiro atoms. The number of thioether (sulfide) groups is 1. The summed E-state index contributed by atoms with van der Waals surface area (Å²) in [5, 5.41) is 10.00. The highest BCUT2D eigenvalue weighted by molar-refractivity contribution is 8.00. The molecule has 8 heteroatoms. The van der Waals surface area contributed by atoms with Gasteiger partial charge in [-0.2, -0.15) is 0 Å². The molecule has 160 valence electrons. The predicted octanol–water partition coefficient (Wildman–Crippen LogP) is 6.37. The Balaban J connectivity index is 1.42. The van der Waals surface area contributed by atoms with E-state index in [4.69, 9.17) is 11.6 Å². The zero-order valence-corrected chi connectivity index (χ0v) is 19.8. The number of carbonyl (C=O) groups excluding carboxylic acids is 1. The van der Waals surface area contributed by atoms with Crippen LogP contribution in [0.2, 0.25) is 5.02 Å². The molecule has 0 aliphatic carbocycles. The third-order valence-electron chi connectivity index (χ3n) is 5.28. The monoisotopic (exact) mass is 478 g/mol. The molecule has 1 amide bonds. The van der Waals surface area contributed by atoms with Gasteiger partial charge >= 0.3 is 0 Å². The molecule has 0 fully saturated rings. The molecule has 0 saturated heterocycles. The van der Waals surface area contributed by atoms with Crippen LogP contribution in [0.1, 0.15) is 5.56 Å². The number of fused-ring (bicyclic) bond motifs is 2. The summed E-state index contributed by atoms with van der Waals surface area (Å²) in [6.07, 6.45) is 0. The van der Waals surface area contributed by atoms with E-state index < -0.39 is 0 Å². The van der Waals surface area contributed by atoms with Gasteiger partial charge in [0.1, 0.15) is 0 Å². The summed E-state index contributed by atoms with van der Waals surface area (Å²) in [5.74, 6) is 0.978. The van der Waals surface area contributed by atoms with Crippen molar-refractivity contribution < 1.29 is 4.79 Å². The Bertz CT molecular complexity index is 1340. The third kappa shape index (κ3) is 3.81. The van der Waals surface area contributed by atoms with Gasteiger partial charge in [-0.25, -0.2) is 0 Å². The third-order valence-corrected chi connectivity index (χ3v) is 7.65. The molecule has 1 aliphatic rings. The maximum absolute atomic E-state index is 13.4. The van der Waals surface area contributed by atoms with E-state index in [9.17, 15) is 4.79 Å². The number of benzene rings is 3. The zero-order chi connectivity index (χ0) is 22.2. The first-order chi connectivity index (χ1) is 15.5. The molecular formula is C24H19ClN4OS2. The van der Waals surface area contributed by atoms with Crippen LogP contribution in [0.15, 0.2) is 81.7 Å². The quantitative estimate of drug-likeness (QED) is 0.319. The van der Waals surface area contributed by atoms with Gasteiger partial charge in [0.2, 0.25) is 5.91 Å². The fraction of sp³-hybridized carbons (Fsp3) is 0.125. The summed E-state index contributed by atoms with van der Waals surface area (Å²) in [6, 6.07) is 21.7. The Morgan fingerprint density at radius 3 is 2.59 bits per heavy atom. The molecule has 0 radical (unpaired) electrons. The number of rotatable bonds is 4. The number of carbonyl (C=O) groups is 1. The second-order valence-electron chi connectivity index (χ2n) is 7.38. The second-order valence-corrected chi connectivity index (χ2v) is 9.84. The van der Waals surface area contributed by atoms with Crippen molar-refractivity contribution in [2.75, 3.05) is 10.7 Å². The van der Waals surface area contributed by atoms with Crippen molar-refractivity contribution in [3.63, 3.8) is 0 Å². The number of aryl methyl sites for hydroxylation is 1. The molecule has 0 unspecified atom stereocenters. The average molecular weight is 479 g/mol. The summed E-state index contributed by atoms with van der Waals surface area (Å²) in [5.41, 5.74) is 3.85. The van der Waals surface area contributed by atoms with Crippen LogP contribution in [0.25, 0.3) is 11.4 Å². The summed E-state index contributed by atoms with van der Waals surface area (Å²) < 4.78 is 1.94. The molecule has 2 heterocycles. The van der Waals surface area contributed by atoms with Crippen molar-refractivity contribution in [1.29, 1.82) is 0 Å². The van der Waals surface area contributed by atoms with Crippen LogP contribution in [-0.4, -0.2) is 26.4 Å². The van der Waals surface area contributed by atoms with Crippen LogP contribution in [-0.2, 0) is 11.8 Å². The van der Waals surface area contributed by atoms with Crippen LogP contribution in [0.3, 0.4) is 0 Å². The van der Waals surface area contributed by atoms with Crippen molar-refractivity contribution in [3.05, 3.63) is 77.3 Å². The normalized spacial score (nSPS) is 12.4. The van der Waals surface area contributed by atoms with Gasteiger partial charge in [-0.05, 0) is 42.8 Å². The minimum Gasteiger partial charge on any atom is -0.305 e. The Kier molecular flexibility index (Phi) is 5.71. The Morgan fingerprint density at radius 2 is 1.75 bits per heavy atom. The van der Waals surface area contributed by atoms with Crippen molar-refractivity contribution in [3.8, 4) is 11.4 Å².